The third-order valence-electron chi connectivity index (χ3n) is 4.42. The van der Waals surface area contributed by atoms with Gasteiger partial charge in [-0.05, 0) is 41.8 Å². The van der Waals surface area contributed by atoms with E-state index in [-0.39, 0.29) is 12.0 Å². The third kappa shape index (κ3) is 5.46. The van der Waals surface area contributed by atoms with Crippen LogP contribution in [0.1, 0.15) is 24.0 Å². The molecule has 0 saturated carbocycles. The first-order chi connectivity index (χ1) is 13.9. The van der Waals surface area contributed by atoms with Crippen LogP contribution in [-0.4, -0.2) is 21.8 Å². The topological polar surface area (TPSA) is 79.2 Å². The maximum atomic E-state index is 14.6. The van der Waals surface area contributed by atoms with Crippen molar-refractivity contribution in [3.8, 4) is 16.9 Å². The van der Waals surface area contributed by atoms with Crippen molar-refractivity contribution in [2.45, 2.75) is 19.4 Å². The molecule has 29 heavy (non-hydrogen) atoms. The lowest BCUT2D eigenvalue weighted by Gasteiger charge is -2.13. The van der Waals surface area contributed by atoms with E-state index in [4.69, 9.17) is 15.2 Å². The van der Waals surface area contributed by atoms with Crippen LogP contribution in [0.5, 0.6) is 5.75 Å². The second-order valence-corrected chi connectivity index (χ2v) is 6.42. The summed E-state index contributed by atoms with van der Waals surface area (Å²) in [5.41, 5.74) is 2.39. The molecule has 3 aromatic carbocycles. The van der Waals surface area contributed by atoms with Gasteiger partial charge in [0.05, 0.1) is 17.9 Å². The molecule has 7 heteroatoms. The van der Waals surface area contributed by atoms with Crippen molar-refractivity contribution in [3.05, 3.63) is 89.7 Å². The number of hydrogen-bond acceptors (Lipinski definition) is 6. The molecule has 0 fully saturated rings. The molecular formula is C22H20FNO5. The lowest BCUT2D eigenvalue weighted by molar-refractivity contribution is -0.497. The minimum absolute atomic E-state index is 0.0648. The van der Waals surface area contributed by atoms with E-state index in [2.05, 4.69) is 4.84 Å². The normalized spacial score (nSPS) is 12.0. The van der Waals surface area contributed by atoms with Crippen LogP contribution in [0.3, 0.4) is 0 Å². The molecule has 3 rings (SSSR count). The highest BCUT2D eigenvalue weighted by molar-refractivity contribution is 5.80. The van der Waals surface area contributed by atoms with Crippen molar-refractivity contribution < 1.29 is 29.2 Å². The van der Waals surface area contributed by atoms with Crippen molar-refractivity contribution in [2.75, 3.05) is 0 Å². The molecule has 0 radical (unpaired) electrons. The summed E-state index contributed by atoms with van der Waals surface area (Å²) in [7, 11) is 0. The van der Waals surface area contributed by atoms with Gasteiger partial charge in [0.2, 0.25) is 0 Å². The van der Waals surface area contributed by atoms with Crippen LogP contribution in [-0.2, 0) is 16.2 Å². The number of ether oxygens (including phenoxy) is 1. The lowest BCUT2D eigenvalue weighted by Crippen LogP contribution is -2.16. The van der Waals surface area contributed by atoms with Gasteiger partial charge in [-0.3, -0.25) is 15.2 Å². The Kier molecular flexibility index (Phi) is 6.69. The van der Waals surface area contributed by atoms with Gasteiger partial charge in [-0.15, -0.1) is 0 Å². The Morgan fingerprint density at radius 1 is 1.03 bits per heavy atom. The average Bonchev–Trinajstić information content (AvgIpc) is 2.73. The monoisotopic (exact) mass is 397 g/mol. The van der Waals surface area contributed by atoms with Gasteiger partial charge in [0, 0.05) is 5.56 Å². The predicted octanol–water partition coefficient (Wildman–Crippen LogP) is 4.71. The molecule has 1 atom stereocenters. The molecule has 0 aliphatic carbocycles. The van der Waals surface area contributed by atoms with Gasteiger partial charge < -0.3 is 4.74 Å². The summed E-state index contributed by atoms with van der Waals surface area (Å²) in [6.07, 6.45) is 0. The minimum atomic E-state index is -0.658. The first-order valence-corrected chi connectivity index (χ1v) is 8.90. The van der Waals surface area contributed by atoms with Gasteiger partial charge >= 0.3 is 5.97 Å². The molecule has 0 heterocycles. The van der Waals surface area contributed by atoms with Crippen molar-refractivity contribution in [1.82, 2.24) is 5.39 Å². The molecular weight excluding hydrogens is 377 g/mol. The predicted molar refractivity (Wildman–Crippen MR) is 103 cm³/mol. The van der Waals surface area contributed by atoms with Gasteiger partial charge in [0.25, 0.3) is 0 Å². The van der Waals surface area contributed by atoms with E-state index in [1.807, 2.05) is 30.3 Å². The standard InChI is InChI=1S/C22H20FNO5/c1-15(18-9-12-20(21(23)13-18)17-5-3-2-4-6-17)22(25)29-19-10-7-16(8-11-19)14-28-24(26)27/h2-13,15,26-27H,14H2,1H3. The fourth-order valence-electron chi connectivity index (χ4n) is 2.78. The van der Waals surface area contributed by atoms with Crippen molar-refractivity contribution in [2.24, 2.45) is 0 Å². The van der Waals surface area contributed by atoms with Crippen LogP contribution >= 0.6 is 0 Å². The fraction of sp³-hybridized carbons (Fsp3) is 0.136. The molecule has 1 unspecified atom stereocenters. The summed E-state index contributed by atoms with van der Waals surface area (Å²) in [4.78, 5) is 16.9. The van der Waals surface area contributed by atoms with Gasteiger partial charge in [0.15, 0.2) is 0 Å². The number of halogens is 1. The van der Waals surface area contributed by atoms with E-state index in [1.165, 1.54) is 6.07 Å². The van der Waals surface area contributed by atoms with Crippen LogP contribution in [0.15, 0.2) is 72.8 Å². The average molecular weight is 397 g/mol. The van der Waals surface area contributed by atoms with Crippen molar-refractivity contribution in [1.29, 1.82) is 0 Å². The summed E-state index contributed by atoms with van der Waals surface area (Å²) in [6.45, 7) is 1.59. The molecule has 0 spiro atoms. The number of carbonyl (C=O) groups is 1. The van der Waals surface area contributed by atoms with E-state index in [0.717, 1.165) is 5.56 Å². The number of benzene rings is 3. The van der Waals surface area contributed by atoms with Crippen LogP contribution in [0.2, 0.25) is 0 Å². The first-order valence-electron chi connectivity index (χ1n) is 8.90. The summed E-state index contributed by atoms with van der Waals surface area (Å²) >= 11 is 0. The highest BCUT2D eigenvalue weighted by Gasteiger charge is 2.19. The molecule has 150 valence electrons. The molecule has 0 saturated heterocycles. The highest BCUT2D eigenvalue weighted by atomic mass is 19.1. The molecule has 3 aromatic rings. The van der Waals surface area contributed by atoms with E-state index in [0.29, 0.717) is 22.4 Å². The minimum Gasteiger partial charge on any atom is -0.426 e. The molecule has 2 N–H and O–H groups in total. The molecule has 0 aliphatic heterocycles. The maximum absolute atomic E-state index is 14.6. The maximum Gasteiger partial charge on any atom is 0.318 e. The van der Waals surface area contributed by atoms with E-state index < -0.39 is 17.7 Å². The number of nitrogens with zero attached hydrogens (tertiary/aromatic N) is 1. The molecule has 0 aliphatic rings. The third-order valence-corrected chi connectivity index (χ3v) is 4.42. The van der Waals surface area contributed by atoms with Gasteiger partial charge in [-0.25, -0.2) is 9.23 Å². The zero-order valence-electron chi connectivity index (χ0n) is 15.7. The molecule has 6 nitrogen and oxygen atoms in total. The van der Waals surface area contributed by atoms with Gasteiger partial charge in [0.1, 0.15) is 11.6 Å². The summed E-state index contributed by atoms with van der Waals surface area (Å²) in [6, 6.07) is 20.3. The quantitative estimate of drug-likeness (QED) is 0.341. The molecule has 0 amide bonds. The largest absolute Gasteiger partial charge is 0.426 e. The smallest absolute Gasteiger partial charge is 0.318 e. The Morgan fingerprint density at radius 2 is 1.72 bits per heavy atom. The Balaban J connectivity index is 1.66. The van der Waals surface area contributed by atoms with E-state index in [9.17, 15) is 9.18 Å². The highest BCUT2D eigenvalue weighted by Crippen LogP contribution is 2.27. The van der Waals surface area contributed by atoms with E-state index in [1.54, 1.807) is 43.3 Å². The number of esters is 1. The molecule has 0 aromatic heterocycles. The zero-order chi connectivity index (χ0) is 20.8. The van der Waals surface area contributed by atoms with Gasteiger partial charge in [-0.1, -0.05) is 54.6 Å². The lowest BCUT2D eigenvalue weighted by atomic mass is 9.97. The van der Waals surface area contributed by atoms with Crippen LogP contribution in [0.25, 0.3) is 11.1 Å². The Morgan fingerprint density at radius 3 is 2.34 bits per heavy atom. The Bertz CT molecular complexity index is 961. The fourth-order valence-corrected chi connectivity index (χ4v) is 2.78. The van der Waals surface area contributed by atoms with Gasteiger partial charge in [-0.2, -0.15) is 0 Å². The van der Waals surface area contributed by atoms with E-state index >= 15 is 0 Å². The summed E-state index contributed by atoms with van der Waals surface area (Å²) in [5.74, 6) is -1.26. The van der Waals surface area contributed by atoms with Crippen LogP contribution < -0.4 is 4.74 Å². The van der Waals surface area contributed by atoms with Crippen LogP contribution in [0.4, 0.5) is 4.39 Å². The number of hydrogen-bond donors (Lipinski definition) is 2. The first kappa shape index (κ1) is 20.6. The number of carbonyl (C=O) groups excluding carboxylic acids is 1. The van der Waals surface area contributed by atoms with Crippen molar-refractivity contribution in [3.63, 3.8) is 0 Å². The van der Waals surface area contributed by atoms with Crippen LogP contribution in [0, 0.1) is 5.82 Å². The Labute approximate surface area is 167 Å². The second kappa shape index (κ2) is 9.40. The summed E-state index contributed by atoms with van der Waals surface area (Å²) < 4.78 is 19.9. The second-order valence-electron chi connectivity index (χ2n) is 6.42. The Hall–Kier alpha value is -3.10. The number of rotatable bonds is 7. The summed E-state index contributed by atoms with van der Waals surface area (Å²) in [5, 5.41) is 16.7. The zero-order valence-corrected chi connectivity index (χ0v) is 15.7. The van der Waals surface area contributed by atoms with Crippen molar-refractivity contribution >= 4 is 5.97 Å². The molecule has 0 bridgehead atoms. The SMILES string of the molecule is CC(C(=O)Oc1ccc(CON(O)O)cc1)c1ccc(-c2ccccc2)c(F)c1.